The van der Waals surface area contributed by atoms with Gasteiger partial charge in [0, 0.05) is 27.7 Å². The largest absolute Gasteiger partial charge is 0.341 e. The monoisotopic (exact) mass is 173 g/mol. The van der Waals surface area contributed by atoms with Crippen molar-refractivity contribution in [3.8, 4) is 0 Å². The molecule has 0 aliphatic carbocycles. The van der Waals surface area contributed by atoms with Gasteiger partial charge in [0.1, 0.15) is 0 Å². The Hall–Kier alpha value is -1.26. The first-order valence-electron chi connectivity index (χ1n) is 3.75. The van der Waals surface area contributed by atoms with Crippen LogP contribution in [0.15, 0.2) is 0 Å². The minimum atomic E-state index is -0.379. The van der Waals surface area contributed by atoms with Gasteiger partial charge in [0.25, 0.3) is 0 Å². The van der Waals surface area contributed by atoms with Crippen LogP contribution in [0.2, 0.25) is 0 Å². The van der Waals surface area contributed by atoms with Gasteiger partial charge in [-0.1, -0.05) is 0 Å². The predicted octanol–water partition coefficient (Wildman–Crippen LogP) is 0.329. The van der Waals surface area contributed by atoms with E-state index < -0.39 is 0 Å². The van der Waals surface area contributed by atoms with Crippen molar-refractivity contribution in [1.82, 2.24) is 15.1 Å². The van der Waals surface area contributed by atoms with Gasteiger partial charge < -0.3 is 10.2 Å². The van der Waals surface area contributed by atoms with E-state index in [-0.39, 0.29) is 12.1 Å². The fourth-order valence-electron chi connectivity index (χ4n) is 0.742. The van der Waals surface area contributed by atoms with E-state index in [4.69, 9.17) is 0 Å². The van der Waals surface area contributed by atoms with Crippen LogP contribution in [0, 0.1) is 0 Å². The molecule has 0 atom stereocenters. The van der Waals surface area contributed by atoms with Gasteiger partial charge >= 0.3 is 12.1 Å². The Balaban J connectivity index is 4.34. The van der Waals surface area contributed by atoms with Crippen LogP contribution in [-0.4, -0.2) is 49.5 Å². The Labute approximate surface area is 72.3 Å². The maximum atomic E-state index is 11.3. The molecule has 0 fully saturated rings. The molecule has 0 saturated heterocycles. The predicted molar refractivity (Wildman–Crippen MR) is 45.9 cm³/mol. The lowest BCUT2D eigenvalue weighted by Gasteiger charge is -2.22. The number of hydrogen-bond acceptors (Lipinski definition) is 2. The number of carbonyl (C=O) groups excluding carboxylic acids is 2. The number of nitrogens with one attached hydrogen (secondary N) is 1. The molecule has 0 rings (SSSR count). The highest BCUT2D eigenvalue weighted by Crippen LogP contribution is 1.94. The number of amides is 4. The van der Waals surface area contributed by atoms with Crippen molar-refractivity contribution < 1.29 is 9.59 Å². The summed E-state index contributed by atoms with van der Waals surface area (Å²) in [5, 5.41) is 2.39. The number of hydrogen-bond donors (Lipinski definition) is 1. The zero-order valence-electron chi connectivity index (χ0n) is 7.92. The van der Waals surface area contributed by atoms with Crippen LogP contribution < -0.4 is 5.32 Å². The number of urea groups is 2. The number of imide groups is 1. The van der Waals surface area contributed by atoms with Gasteiger partial charge in [-0.2, -0.15) is 0 Å². The van der Waals surface area contributed by atoms with E-state index in [1.165, 1.54) is 11.9 Å². The Kier molecular flexibility index (Phi) is 4.10. The van der Waals surface area contributed by atoms with Crippen molar-refractivity contribution in [2.45, 2.75) is 6.92 Å². The van der Waals surface area contributed by atoms with E-state index in [1.54, 1.807) is 21.0 Å². The standard InChI is InChI=1S/C7H15N3O2/c1-5-10(6(11)8-2)7(12)9(3)4/h5H2,1-4H3,(H,8,11). The van der Waals surface area contributed by atoms with E-state index in [0.29, 0.717) is 6.54 Å². The smallest absolute Gasteiger partial charge is 0.327 e. The van der Waals surface area contributed by atoms with Crippen LogP contribution in [0.5, 0.6) is 0 Å². The number of carbonyl (C=O) groups is 2. The fraction of sp³-hybridized carbons (Fsp3) is 0.714. The SMILES string of the molecule is CCN(C(=O)NC)C(=O)N(C)C. The summed E-state index contributed by atoms with van der Waals surface area (Å²) in [6.45, 7) is 2.12. The molecule has 0 spiro atoms. The lowest BCUT2D eigenvalue weighted by molar-refractivity contribution is 0.171. The Morgan fingerprint density at radius 2 is 1.83 bits per heavy atom. The first-order chi connectivity index (χ1) is 5.54. The van der Waals surface area contributed by atoms with E-state index >= 15 is 0 Å². The summed E-state index contributed by atoms with van der Waals surface area (Å²) >= 11 is 0. The van der Waals surface area contributed by atoms with Crippen LogP contribution in [-0.2, 0) is 0 Å². The van der Waals surface area contributed by atoms with Crippen LogP contribution in [0.4, 0.5) is 9.59 Å². The number of nitrogens with zero attached hydrogens (tertiary/aromatic N) is 2. The lowest BCUT2D eigenvalue weighted by Crippen LogP contribution is -2.46. The molecular formula is C7H15N3O2. The molecule has 0 aliphatic heterocycles. The van der Waals surface area contributed by atoms with Gasteiger partial charge in [0.05, 0.1) is 0 Å². The van der Waals surface area contributed by atoms with Crippen LogP contribution in [0.25, 0.3) is 0 Å². The second-order valence-corrected chi connectivity index (χ2v) is 2.48. The lowest BCUT2D eigenvalue weighted by atomic mass is 10.6. The highest BCUT2D eigenvalue weighted by molar-refractivity contribution is 5.93. The quantitative estimate of drug-likeness (QED) is 0.621. The average molecular weight is 173 g/mol. The van der Waals surface area contributed by atoms with E-state index in [9.17, 15) is 9.59 Å². The van der Waals surface area contributed by atoms with E-state index in [0.717, 1.165) is 4.90 Å². The van der Waals surface area contributed by atoms with Crippen molar-refractivity contribution in [3.05, 3.63) is 0 Å². The summed E-state index contributed by atoms with van der Waals surface area (Å²) in [5.74, 6) is 0. The van der Waals surface area contributed by atoms with Crippen LogP contribution in [0.1, 0.15) is 6.92 Å². The highest BCUT2D eigenvalue weighted by Gasteiger charge is 2.19. The van der Waals surface area contributed by atoms with Crippen molar-refractivity contribution in [1.29, 1.82) is 0 Å². The zero-order valence-corrected chi connectivity index (χ0v) is 7.92. The molecule has 4 amide bonds. The summed E-state index contributed by atoms with van der Waals surface area (Å²) < 4.78 is 0. The molecule has 5 nitrogen and oxygen atoms in total. The molecule has 70 valence electrons. The summed E-state index contributed by atoms with van der Waals surface area (Å²) in [6, 6.07) is -0.687. The molecule has 0 bridgehead atoms. The van der Waals surface area contributed by atoms with E-state index in [2.05, 4.69) is 5.32 Å². The Bertz CT molecular complexity index is 179. The second-order valence-electron chi connectivity index (χ2n) is 2.48. The summed E-state index contributed by atoms with van der Waals surface area (Å²) in [5.41, 5.74) is 0. The molecule has 0 aromatic heterocycles. The third-order valence-corrected chi connectivity index (χ3v) is 1.39. The minimum Gasteiger partial charge on any atom is -0.341 e. The zero-order chi connectivity index (χ0) is 9.72. The molecule has 0 radical (unpaired) electrons. The Morgan fingerprint density at radius 1 is 1.33 bits per heavy atom. The molecule has 0 aliphatic rings. The van der Waals surface area contributed by atoms with Gasteiger partial charge in [-0.25, -0.2) is 14.5 Å². The van der Waals surface area contributed by atoms with Crippen molar-refractivity contribution in [2.24, 2.45) is 0 Å². The van der Waals surface area contributed by atoms with Gasteiger partial charge in [0.15, 0.2) is 0 Å². The molecule has 0 unspecified atom stereocenters. The van der Waals surface area contributed by atoms with Crippen molar-refractivity contribution in [3.63, 3.8) is 0 Å². The molecule has 5 heteroatoms. The minimum absolute atomic E-state index is 0.308. The number of rotatable bonds is 1. The molecule has 0 heterocycles. The molecule has 0 aromatic rings. The fourth-order valence-corrected chi connectivity index (χ4v) is 0.742. The Morgan fingerprint density at radius 3 is 2.08 bits per heavy atom. The molecule has 1 N–H and O–H groups in total. The third kappa shape index (κ3) is 2.41. The van der Waals surface area contributed by atoms with Gasteiger partial charge in [0.2, 0.25) is 0 Å². The van der Waals surface area contributed by atoms with Gasteiger partial charge in [-0.3, -0.25) is 0 Å². The van der Waals surface area contributed by atoms with Gasteiger partial charge in [-0.15, -0.1) is 0 Å². The summed E-state index contributed by atoms with van der Waals surface area (Å²) in [7, 11) is 4.70. The molecule has 12 heavy (non-hydrogen) atoms. The third-order valence-electron chi connectivity index (χ3n) is 1.39. The second kappa shape index (κ2) is 4.58. The highest BCUT2D eigenvalue weighted by atomic mass is 16.2. The molecule has 0 aromatic carbocycles. The van der Waals surface area contributed by atoms with Crippen LogP contribution in [0.3, 0.4) is 0 Å². The van der Waals surface area contributed by atoms with Gasteiger partial charge in [-0.05, 0) is 6.92 Å². The molecule has 0 saturated carbocycles. The van der Waals surface area contributed by atoms with Crippen molar-refractivity contribution in [2.75, 3.05) is 27.7 Å². The first-order valence-corrected chi connectivity index (χ1v) is 3.75. The maximum absolute atomic E-state index is 11.3. The van der Waals surface area contributed by atoms with Crippen molar-refractivity contribution >= 4 is 12.1 Å². The topological polar surface area (TPSA) is 52.7 Å². The summed E-state index contributed by atoms with van der Waals surface area (Å²) in [6.07, 6.45) is 0. The molecular weight excluding hydrogens is 158 g/mol. The average Bonchev–Trinajstić information content (AvgIpc) is 2.05. The van der Waals surface area contributed by atoms with E-state index in [1.807, 2.05) is 0 Å². The summed E-state index contributed by atoms with van der Waals surface area (Å²) in [4.78, 5) is 24.8. The van der Waals surface area contributed by atoms with Crippen LogP contribution >= 0.6 is 0 Å². The maximum Gasteiger partial charge on any atom is 0.327 e. The normalized spacial score (nSPS) is 9.00. The first kappa shape index (κ1) is 10.7.